The van der Waals surface area contributed by atoms with Gasteiger partial charge in [0.2, 0.25) is 0 Å². The van der Waals surface area contributed by atoms with Gasteiger partial charge in [0.25, 0.3) is 0 Å². The van der Waals surface area contributed by atoms with E-state index in [2.05, 4.69) is 0 Å². The van der Waals surface area contributed by atoms with Crippen molar-refractivity contribution in [2.75, 3.05) is 11.4 Å². The maximum atomic E-state index is 14.2. The van der Waals surface area contributed by atoms with Gasteiger partial charge in [0.05, 0.1) is 12.2 Å². The van der Waals surface area contributed by atoms with Gasteiger partial charge in [-0.15, -0.1) is 11.3 Å². The van der Waals surface area contributed by atoms with Crippen molar-refractivity contribution in [2.24, 2.45) is 0 Å². The Labute approximate surface area is 127 Å². The van der Waals surface area contributed by atoms with E-state index in [1.54, 1.807) is 23.5 Å². The van der Waals surface area contributed by atoms with Crippen LogP contribution in [-0.4, -0.2) is 17.6 Å². The number of nitrogens with zero attached hydrogens (tertiary/aromatic N) is 1. The summed E-state index contributed by atoms with van der Waals surface area (Å²) in [6.07, 6.45) is 2.45. The molecular weight excluding hydrogens is 289 g/mol. The molecule has 0 saturated carbocycles. The first kappa shape index (κ1) is 15.3. The van der Waals surface area contributed by atoms with Crippen LogP contribution in [0.5, 0.6) is 0 Å². The van der Waals surface area contributed by atoms with E-state index in [1.165, 1.54) is 12.1 Å². The van der Waals surface area contributed by atoms with Crippen LogP contribution in [0.2, 0.25) is 0 Å². The Bertz CT molecular complexity index is 638. The predicted molar refractivity (Wildman–Crippen MR) is 84.1 cm³/mol. The van der Waals surface area contributed by atoms with Gasteiger partial charge in [-0.3, -0.25) is 0 Å². The summed E-state index contributed by atoms with van der Waals surface area (Å²) in [5.41, 5.74) is 1.00. The molecule has 3 nitrogen and oxygen atoms in total. The standard InChI is InChI=1S/C16H16FNO2S/c1-2-18(11-13-6-4-10-21-13)16-12(8-9-15(19)20)5-3-7-14(16)17/h3-10H,2,11H2,1H3,(H,19,20)/b9-8+. The van der Waals surface area contributed by atoms with Crippen molar-refractivity contribution in [1.82, 2.24) is 0 Å². The fraction of sp³-hybridized carbons (Fsp3) is 0.188. The summed E-state index contributed by atoms with van der Waals surface area (Å²) >= 11 is 1.62. The summed E-state index contributed by atoms with van der Waals surface area (Å²) in [5, 5.41) is 10.7. The van der Waals surface area contributed by atoms with Crippen molar-refractivity contribution in [1.29, 1.82) is 0 Å². The second-order valence-corrected chi connectivity index (χ2v) is 5.48. The maximum absolute atomic E-state index is 14.2. The summed E-state index contributed by atoms with van der Waals surface area (Å²) in [6.45, 7) is 3.18. The Morgan fingerprint density at radius 1 is 1.38 bits per heavy atom. The minimum atomic E-state index is -1.05. The van der Waals surface area contributed by atoms with Crippen molar-refractivity contribution in [3.8, 4) is 0 Å². The Morgan fingerprint density at radius 2 is 2.19 bits per heavy atom. The van der Waals surface area contributed by atoms with Crippen LogP contribution in [0, 0.1) is 5.82 Å². The number of anilines is 1. The number of benzene rings is 1. The van der Waals surface area contributed by atoms with Crippen LogP contribution in [-0.2, 0) is 11.3 Å². The van der Waals surface area contributed by atoms with Gasteiger partial charge in [-0.1, -0.05) is 18.2 Å². The molecule has 21 heavy (non-hydrogen) atoms. The first-order valence-corrected chi connectivity index (χ1v) is 7.46. The van der Waals surface area contributed by atoms with E-state index < -0.39 is 5.97 Å². The third-order valence-corrected chi connectivity index (χ3v) is 3.91. The number of rotatable bonds is 6. The largest absolute Gasteiger partial charge is 0.478 e. The molecule has 0 aliphatic heterocycles. The maximum Gasteiger partial charge on any atom is 0.328 e. The molecule has 0 bridgehead atoms. The summed E-state index contributed by atoms with van der Waals surface area (Å²) in [7, 11) is 0. The quantitative estimate of drug-likeness (QED) is 0.820. The number of thiophene rings is 1. The average molecular weight is 305 g/mol. The molecule has 0 spiro atoms. The van der Waals surface area contributed by atoms with Gasteiger partial charge in [-0.05, 0) is 30.5 Å². The van der Waals surface area contributed by atoms with E-state index >= 15 is 0 Å². The molecule has 0 atom stereocenters. The lowest BCUT2D eigenvalue weighted by Gasteiger charge is -2.25. The second kappa shape index (κ2) is 7.04. The van der Waals surface area contributed by atoms with Crippen LogP contribution >= 0.6 is 11.3 Å². The summed E-state index contributed by atoms with van der Waals surface area (Å²) < 4.78 is 14.2. The Hall–Kier alpha value is -2.14. The lowest BCUT2D eigenvalue weighted by atomic mass is 10.1. The summed E-state index contributed by atoms with van der Waals surface area (Å²) in [6, 6.07) is 8.65. The van der Waals surface area contributed by atoms with Crippen molar-refractivity contribution < 1.29 is 14.3 Å². The zero-order valence-electron chi connectivity index (χ0n) is 11.6. The number of para-hydroxylation sites is 1. The first-order chi connectivity index (χ1) is 10.1. The number of carbonyl (C=O) groups is 1. The van der Waals surface area contributed by atoms with E-state index in [9.17, 15) is 9.18 Å². The smallest absolute Gasteiger partial charge is 0.328 e. The highest BCUT2D eigenvalue weighted by molar-refractivity contribution is 7.09. The lowest BCUT2D eigenvalue weighted by molar-refractivity contribution is -0.131. The first-order valence-electron chi connectivity index (χ1n) is 6.58. The fourth-order valence-electron chi connectivity index (χ4n) is 2.10. The average Bonchev–Trinajstić information content (AvgIpc) is 2.96. The van der Waals surface area contributed by atoms with Crippen molar-refractivity contribution >= 4 is 29.1 Å². The van der Waals surface area contributed by atoms with E-state index in [0.29, 0.717) is 24.3 Å². The van der Waals surface area contributed by atoms with Crippen molar-refractivity contribution in [3.63, 3.8) is 0 Å². The Morgan fingerprint density at radius 3 is 2.81 bits per heavy atom. The molecule has 2 rings (SSSR count). The second-order valence-electron chi connectivity index (χ2n) is 4.44. The topological polar surface area (TPSA) is 40.5 Å². The number of hydrogen-bond acceptors (Lipinski definition) is 3. The molecule has 1 aromatic heterocycles. The van der Waals surface area contributed by atoms with Crippen LogP contribution in [0.1, 0.15) is 17.4 Å². The van der Waals surface area contributed by atoms with Gasteiger partial charge < -0.3 is 10.0 Å². The van der Waals surface area contributed by atoms with Gasteiger partial charge in [0, 0.05) is 23.1 Å². The number of halogens is 1. The molecule has 0 saturated heterocycles. The van der Waals surface area contributed by atoms with Gasteiger partial charge in [-0.25, -0.2) is 9.18 Å². The van der Waals surface area contributed by atoms with Crippen LogP contribution in [0.15, 0.2) is 41.8 Å². The van der Waals surface area contributed by atoms with E-state index in [4.69, 9.17) is 5.11 Å². The Balaban J connectivity index is 2.37. The van der Waals surface area contributed by atoms with Crippen molar-refractivity contribution in [2.45, 2.75) is 13.5 Å². The lowest BCUT2D eigenvalue weighted by Crippen LogP contribution is -2.23. The third-order valence-electron chi connectivity index (χ3n) is 3.05. The van der Waals surface area contributed by atoms with Crippen LogP contribution < -0.4 is 4.90 Å². The molecule has 0 aliphatic carbocycles. The minimum Gasteiger partial charge on any atom is -0.478 e. The molecule has 0 fully saturated rings. The molecule has 0 aliphatic rings. The zero-order chi connectivity index (χ0) is 15.2. The molecule has 0 radical (unpaired) electrons. The monoisotopic (exact) mass is 305 g/mol. The van der Waals surface area contributed by atoms with E-state index in [-0.39, 0.29) is 5.82 Å². The number of hydrogen-bond donors (Lipinski definition) is 1. The highest BCUT2D eigenvalue weighted by Crippen LogP contribution is 2.28. The third kappa shape index (κ3) is 3.92. The summed E-state index contributed by atoms with van der Waals surface area (Å²) in [5.74, 6) is -1.40. The molecule has 1 N–H and O–H groups in total. The highest BCUT2D eigenvalue weighted by atomic mass is 32.1. The molecule has 0 amide bonds. The van der Waals surface area contributed by atoms with E-state index in [0.717, 1.165) is 11.0 Å². The molecule has 1 aromatic carbocycles. The number of aliphatic carboxylic acids is 1. The fourth-order valence-corrected chi connectivity index (χ4v) is 2.82. The molecule has 0 unspecified atom stereocenters. The van der Waals surface area contributed by atoms with Gasteiger partial charge in [0.1, 0.15) is 5.82 Å². The zero-order valence-corrected chi connectivity index (χ0v) is 12.4. The number of carboxylic acids is 1. The predicted octanol–water partition coefficient (Wildman–Crippen LogP) is 4.01. The Kier molecular flexibility index (Phi) is 5.11. The SMILES string of the molecule is CCN(Cc1cccs1)c1c(F)cccc1/C=C/C(=O)O. The summed E-state index contributed by atoms with van der Waals surface area (Å²) in [4.78, 5) is 13.7. The van der Waals surface area contributed by atoms with Crippen LogP contribution in [0.4, 0.5) is 10.1 Å². The molecule has 2 aromatic rings. The molecular formula is C16H16FNO2S. The minimum absolute atomic E-state index is 0.346. The molecule has 1 heterocycles. The van der Waals surface area contributed by atoms with Gasteiger partial charge >= 0.3 is 5.97 Å². The normalized spacial score (nSPS) is 11.0. The molecule has 110 valence electrons. The van der Waals surface area contributed by atoms with Crippen LogP contribution in [0.25, 0.3) is 6.08 Å². The molecule has 5 heteroatoms. The van der Waals surface area contributed by atoms with Crippen LogP contribution in [0.3, 0.4) is 0 Å². The van der Waals surface area contributed by atoms with Crippen molar-refractivity contribution in [3.05, 3.63) is 58.0 Å². The highest BCUT2D eigenvalue weighted by Gasteiger charge is 2.14. The van der Waals surface area contributed by atoms with E-state index in [1.807, 2.05) is 29.3 Å². The van der Waals surface area contributed by atoms with Gasteiger partial charge in [0.15, 0.2) is 0 Å². The van der Waals surface area contributed by atoms with Gasteiger partial charge in [-0.2, -0.15) is 0 Å². The number of carboxylic acid groups (broad SMARTS) is 1.